The van der Waals surface area contributed by atoms with E-state index in [4.69, 9.17) is 4.74 Å². The Morgan fingerprint density at radius 1 is 1.21 bits per heavy atom. The van der Waals surface area contributed by atoms with Crippen LogP contribution in [0.3, 0.4) is 0 Å². The van der Waals surface area contributed by atoms with Gasteiger partial charge < -0.3 is 15.0 Å². The number of ether oxygens (including phenoxy) is 1. The Bertz CT molecular complexity index is 1150. The number of anilines is 1. The quantitative estimate of drug-likeness (QED) is 0.569. The number of benzene rings is 1. The van der Waals surface area contributed by atoms with Crippen LogP contribution in [0.15, 0.2) is 39.0 Å². The fourth-order valence-electron chi connectivity index (χ4n) is 2.90. The van der Waals surface area contributed by atoms with Crippen molar-refractivity contribution in [3.63, 3.8) is 0 Å². The molecule has 3 rings (SSSR count). The molecule has 0 aliphatic rings. The standard InChI is InChI=1S/C19H23N5O4S/c1-5-23-15-14(17(26)24(6-2)19(23)27)21-18(22-15)29-11(3)16(25)20-12-7-9-13(28-4)10-8-12/h7-11H,5-6H2,1-4H3,(H,20,25)(H,21,22). The van der Waals surface area contributed by atoms with Crippen LogP contribution in [0, 0.1) is 0 Å². The van der Waals surface area contributed by atoms with E-state index in [1.165, 1.54) is 16.3 Å². The molecule has 0 radical (unpaired) electrons. The second-order valence-corrected chi connectivity index (χ2v) is 7.62. The molecule has 1 unspecified atom stereocenters. The van der Waals surface area contributed by atoms with Crippen LogP contribution < -0.4 is 21.3 Å². The molecule has 0 saturated heterocycles. The largest absolute Gasteiger partial charge is 0.497 e. The maximum Gasteiger partial charge on any atom is 0.332 e. The lowest BCUT2D eigenvalue weighted by atomic mass is 10.3. The third kappa shape index (κ3) is 4.07. The van der Waals surface area contributed by atoms with Crippen molar-refractivity contribution in [3.8, 4) is 5.75 Å². The summed E-state index contributed by atoms with van der Waals surface area (Å²) in [6.07, 6.45) is 0. The number of H-pyrrole nitrogens is 1. The summed E-state index contributed by atoms with van der Waals surface area (Å²) in [4.78, 5) is 44.9. The third-order valence-electron chi connectivity index (χ3n) is 4.49. The highest BCUT2D eigenvalue weighted by Crippen LogP contribution is 2.23. The molecular formula is C19H23N5O4S. The number of aromatic amines is 1. The maximum atomic E-state index is 12.6. The number of aromatic nitrogens is 4. The number of thioether (sulfide) groups is 1. The Hall–Kier alpha value is -3.01. The van der Waals surface area contributed by atoms with Crippen molar-refractivity contribution in [2.24, 2.45) is 0 Å². The number of carbonyl (C=O) groups excluding carboxylic acids is 1. The van der Waals surface area contributed by atoms with Gasteiger partial charge in [-0.3, -0.25) is 18.7 Å². The Balaban J connectivity index is 1.83. The monoisotopic (exact) mass is 417 g/mol. The van der Waals surface area contributed by atoms with Crippen LogP contribution in [0.5, 0.6) is 5.75 Å². The lowest BCUT2D eigenvalue weighted by Gasteiger charge is -2.10. The van der Waals surface area contributed by atoms with Crippen LogP contribution in [-0.2, 0) is 17.9 Å². The summed E-state index contributed by atoms with van der Waals surface area (Å²) in [6, 6.07) is 7.02. The minimum Gasteiger partial charge on any atom is -0.497 e. The summed E-state index contributed by atoms with van der Waals surface area (Å²) in [5, 5.41) is 2.76. The Morgan fingerprint density at radius 2 is 1.86 bits per heavy atom. The van der Waals surface area contributed by atoms with Crippen molar-refractivity contribution in [1.82, 2.24) is 19.1 Å². The molecule has 0 fully saturated rings. The normalized spacial score (nSPS) is 12.1. The van der Waals surface area contributed by atoms with E-state index in [1.807, 2.05) is 6.92 Å². The van der Waals surface area contributed by atoms with Gasteiger partial charge in [-0.25, -0.2) is 9.78 Å². The van der Waals surface area contributed by atoms with E-state index in [2.05, 4.69) is 15.3 Å². The maximum absolute atomic E-state index is 12.6. The SMILES string of the molecule is CCn1c(=O)c2[nH]c(SC(C)C(=O)Nc3ccc(OC)cc3)nc2n(CC)c1=O. The molecule has 0 bridgehead atoms. The van der Waals surface area contributed by atoms with Crippen LogP contribution in [0.2, 0.25) is 0 Å². The van der Waals surface area contributed by atoms with Crippen molar-refractivity contribution in [2.75, 3.05) is 12.4 Å². The van der Waals surface area contributed by atoms with Gasteiger partial charge in [-0.15, -0.1) is 0 Å². The fourth-order valence-corrected chi connectivity index (χ4v) is 3.71. The zero-order chi connectivity index (χ0) is 21.1. The number of hydrogen-bond acceptors (Lipinski definition) is 6. The van der Waals surface area contributed by atoms with E-state index in [9.17, 15) is 14.4 Å². The van der Waals surface area contributed by atoms with Crippen molar-refractivity contribution >= 4 is 34.5 Å². The summed E-state index contributed by atoms with van der Waals surface area (Å²) in [5.74, 6) is 0.492. The summed E-state index contributed by atoms with van der Waals surface area (Å²) in [6.45, 7) is 5.96. The highest BCUT2D eigenvalue weighted by atomic mass is 32.2. The first kappa shape index (κ1) is 20.7. The molecule has 1 atom stereocenters. The number of rotatable bonds is 7. The Labute approximate surface area is 171 Å². The second kappa shape index (κ2) is 8.56. The van der Waals surface area contributed by atoms with E-state index in [0.29, 0.717) is 28.8 Å². The summed E-state index contributed by atoms with van der Waals surface area (Å²) in [5.41, 5.74) is 0.419. The molecule has 0 spiro atoms. The third-order valence-corrected chi connectivity index (χ3v) is 5.47. The predicted octanol–water partition coefficient (Wildman–Crippen LogP) is 2.05. The van der Waals surface area contributed by atoms with E-state index in [1.54, 1.807) is 45.2 Å². The molecule has 1 aromatic carbocycles. The molecule has 9 nitrogen and oxygen atoms in total. The van der Waals surface area contributed by atoms with E-state index in [0.717, 1.165) is 4.57 Å². The average molecular weight is 417 g/mol. The average Bonchev–Trinajstić information content (AvgIpc) is 3.13. The van der Waals surface area contributed by atoms with Gasteiger partial charge >= 0.3 is 5.69 Å². The van der Waals surface area contributed by atoms with Gasteiger partial charge in [0.15, 0.2) is 16.3 Å². The zero-order valence-corrected chi connectivity index (χ0v) is 17.5. The van der Waals surface area contributed by atoms with Gasteiger partial charge in [0.2, 0.25) is 5.91 Å². The van der Waals surface area contributed by atoms with Crippen LogP contribution >= 0.6 is 11.8 Å². The molecular weight excluding hydrogens is 394 g/mol. The van der Waals surface area contributed by atoms with E-state index in [-0.39, 0.29) is 23.7 Å². The van der Waals surface area contributed by atoms with Crippen molar-refractivity contribution < 1.29 is 9.53 Å². The topological polar surface area (TPSA) is 111 Å². The van der Waals surface area contributed by atoms with Crippen molar-refractivity contribution in [1.29, 1.82) is 0 Å². The molecule has 1 amide bonds. The highest BCUT2D eigenvalue weighted by molar-refractivity contribution is 8.00. The molecule has 154 valence electrons. The molecule has 0 saturated carbocycles. The van der Waals surface area contributed by atoms with Gasteiger partial charge in [-0.05, 0) is 45.0 Å². The lowest BCUT2D eigenvalue weighted by molar-refractivity contribution is -0.115. The first-order valence-corrected chi connectivity index (χ1v) is 10.1. The van der Waals surface area contributed by atoms with Crippen LogP contribution in [0.1, 0.15) is 20.8 Å². The molecule has 2 aromatic heterocycles. The summed E-state index contributed by atoms with van der Waals surface area (Å²) < 4.78 is 7.71. The number of aryl methyl sites for hydroxylation is 1. The minimum atomic E-state index is -0.479. The number of fused-ring (bicyclic) bond motifs is 1. The molecule has 0 aliphatic carbocycles. The minimum absolute atomic E-state index is 0.209. The molecule has 0 aliphatic heterocycles. The number of imidazole rings is 1. The van der Waals surface area contributed by atoms with Crippen LogP contribution in [-0.4, -0.2) is 37.4 Å². The fraction of sp³-hybridized carbons (Fsp3) is 0.368. The zero-order valence-electron chi connectivity index (χ0n) is 16.7. The first-order chi connectivity index (χ1) is 13.9. The number of carbonyl (C=O) groups is 1. The number of hydrogen-bond donors (Lipinski definition) is 2. The number of nitrogens with one attached hydrogen (secondary N) is 2. The van der Waals surface area contributed by atoms with E-state index >= 15 is 0 Å². The number of amides is 1. The van der Waals surface area contributed by atoms with E-state index < -0.39 is 10.8 Å². The molecule has 29 heavy (non-hydrogen) atoms. The van der Waals surface area contributed by atoms with Crippen molar-refractivity contribution in [2.45, 2.75) is 44.3 Å². The Kier molecular flexibility index (Phi) is 6.12. The number of methoxy groups -OCH3 is 1. The molecule has 10 heteroatoms. The lowest BCUT2D eigenvalue weighted by Crippen LogP contribution is -2.39. The summed E-state index contributed by atoms with van der Waals surface area (Å²) in [7, 11) is 1.58. The second-order valence-electron chi connectivity index (χ2n) is 6.29. The molecule has 2 N–H and O–H groups in total. The Morgan fingerprint density at radius 3 is 2.45 bits per heavy atom. The van der Waals surface area contributed by atoms with Crippen molar-refractivity contribution in [3.05, 3.63) is 45.1 Å². The molecule has 3 aromatic rings. The number of nitrogens with zero attached hydrogens (tertiary/aromatic N) is 3. The molecule has 2 heterocycles. The van der Waals surface area contributed by atoms with Crippen LogP contribution in [0.4, 0.5) is 5.69 Å². The van der Waals surface area contributed by atoms with Gasteiger partial charge in [0, 0.05) is 18.8 Å². The van der Waals surface area contributed by atoms with Gasteiger partial charge in [-0.2, -0.15) is 0 Å². The smallest absolute Gasteiger partial charge is 0.332 e. The highest BCUT2D eigenvalue weighted by Gasteiger charge is 2.20. The van der Waals surface area contributed by atoms with Crippen LogP contribution in [0.25, 0.3) is 11.2 Å². The van der Waals surface area contributed by atoms with Gasteiger partial charge in [0.05, 0.1) is 12.4 Å². The first-order valence-electron chi connectivity index (χ1n) is 9.24. The van der Waals surface area contributed by atoms with Gasteiger partial charge in [0.1, 0.15) is 5.75 Å². The summed E-state index contributed by atoms with van der Waals surface area (Å²) >= 11 is 1.18. The van der Waals surface area contributed by atoms with Gasteiger partial charge in [0.25, 0.3) is 5.56 Å². The predicted molar refractivity (Wildman–Crippen MR) is 113 cm³/mol. The van der Waals surface area contributed by atoms with Gasteiger partial charge in [-0.1, -0.05) is 11.8 Å².